The Morgan fingerprint density at radius 3 is 2.33 bits per heavy atom. The number of aliphatic hydroxyl groups is 1. The van der Waals surface area contributed by atoms with E-state index in [1.807, 2.05) is 18.2 Å². The number of carbonyl (C=O) groups is 1. The zero-order chi connectivity index (χ0) is 26.0. The average Bonchev–Trinajstić information content (AvgIpc) is 3.64. The summed E-state index contributed by atoms with van der Waals surface area (Å²) in [6.07, 6.45) is 4.19. The number of piperidine rings is 1. The first-order valence-electron chi connectivity index (χ1n) is 14.2. The largest absolute Gasteiger partial charge is 0.369 e. The van der Waals surface area contributed by atoms with Crippen molar-refractivity contribution in [2.24, 2.45) is 5.41 Å². The molecule has 4 aliphatic heterocycles. The molecule has 0 aromatic heterocycles. The topological polar surface area (TPSA) is 43.8 Å². The highest BCUT2D eigenvalue weighted by Gasteiger charge is 2.87. The third-order valence-electron chi connectivity index (χ3n) is 10.7. The van der Waals surface area contributed by atoms with Crippen LogP contribution in [0.15, 0.2) is 103 Å². The van der Waals surface area contributed by atoms with Gasteiger partial charge in [0.1, 0.15) is 5.54 Å². The van der Waals surface area contributed by atoms with Gasteiger partial charge in [0.25, 0.3) is 0 Å². The Hall–Kier alpha value is -3.57. The van der Waals surface area contributed by atoms with Gasteiger partial charge in [-0.25, -0.2) is 0 Å². The van der Waals surface area contributed by atoms with Gasteiger partial charge >= 0.3 is 0 Å². The molecule has 0 radical (unpaired) electrons. The fraction of sp³-hybridized carbons (Fsp3) is 0.286. The molecule has 2 bridgehead atoms. The zero-order valence-corrected chi connectivity index (χ0v) is 21.8. The van der Waals surface area contributed by atoms with Crippen LogP contribution in [-0.2, 0) is 16.1 Å². The molecule has 1 N–H and O–H groups in total. The fourth-order valence-electron chi connectivity index (χ4n) is 9.75. The van der Waals surface area contributed by atoms with Crippen molar-refractivity contribution in [3.63, 3.8) is 0 Å². The molecule has 39 heavy (non-hydrogen) atoms. The van der Waals surface area contributed by atoms with E-state index in [4.69, 9.17) is 0 Å². The third kappa shape index (κ3) is 2.30. The smallest absolute Gasteiger partial charge is 0.170 e. The van der Waals surface area contributed by atoms with Crippen LogP contribution in [0.3, 0.4) is 0 Å². The lowest BCUT2D eigenvalue weighted by atomic mass is 9.56. The highest BCUT2D eigenvalue weighted by Crippen LogP contribution is 2.78. The molecular weight excluding hydrogens is 480 g/mol. The Bertz CT molecular complexity index is 1710. The average molecular weight is 511 g/mol. The van der Waals surface area contributed by atoms with Crippen molar-refractivity contribution in [3.05, 3.63) is 125 Å². The van der Waals surface area contributed by atoms with E-state index in [-0.39, 0.29) is 17.7 Å². The molecule has 4 aromatic rings. The van der Waals surface area contributed by atoms with Gasteiger partial charge in [0.05, 0.1) is 5.41 Å². The van der Waals surface area contributed by atoms with E-state index in [9.17, 15) is 5.11 Å². The van der Waals surface area contributed by atoms with Crippen LogP contribution in [0.5, 0.6) is 0 Å². The number of carbonyl (C=O) groups excluding carboxylic acids is 1. The summed E-state index contributed by atoms with van der Waals surface area (Å²) in [5.74, 6) is 0.209. The summed E-state index contributed by atoms with van der Waals surface area (Å²) in [6, 6.07) is 33.9. The summed E-state index contributed by atoms with van der Waals surface area (Å²) in [6.45, 7) is 1.89. The van der Waals surface area contributed by atoms with E-state index < -0.39 is 16.7 Å². The minimum atomic E-state index is -1.29. The zero-order valence-electron chi connectivity index (χ0n) is 21.8. The van der Waals surface area contributed by atoms with Crippen LogP contribution >= 0.6 is 0 Å². The molecule has 0 amide bonds. The quantitative estimate of drug-likeness (QED) is 0.366. The molecule has 6 atom stereocenters. The van der Waals surface area contributed by atoms with Crippen LogP contribution in [0.4, 0.5) is 0 Å². The second-order valence-corrected chi connectivity index (χ2v) is 12.1. The first-order valence-corrected chi connectivity index (χ1v) is 14.2. The van der Waals surface area contributed by atoms with Gasteiger partial charge < -0.3 is 5.11 Å². The Balaban J connectivity index is 1.41. The maximum absolute atomic E-state index is 15.3. The maximum atomic E-state index is 15.3. The van der Waals surface area contributed by atoms with E-state index >= 15 is 4.79 Å². The van der Waals surface area contributed by atoms with Crippen molar-refractivity contribution in [2.45, 2.75) is 36.1 Å². The molecule has 4 fully saturated rings. The van der Waals surface area contributed by atoms with E-state index in [0.29, 0.717) is 13.1 Å². The molecule has 4 aromatic carbocycles. The molecule has 4 saturated heterocycles. The van der Waals surface area contributed by atoms with Crippen LogP contribution in [0.25, 0.3) is 16.8 Å². The van der Waals surface area contributed by atoms with E-state index in [2.05, 4.69) is 94.7 Å². The predicted molar refractivity (Wildman–Crippen MR) is 152 cm³/mol. The van der Waals surface area contributed by atoms with Gasteiger partial charge in [-0.1, -0.05) is 97.1 Å². The molecule has 1 aliphatic carbocycles. The van der Waals surface area contributed by atoms with Crippen LogP contribution < -0.4 is 0 Å². The molecular formula is C35H30N2O2. The highest BCUT2D eigenvalue weighted by molar-refractivity contribution is 6.09. The number of fused-ring (bicyclic) bond motifs is 4. The lowest BCUT2D eigenvalue weighted by Gasteiger charge is -2.48. The number of Topliss-reactive ketones (excluding diaryl/α,β-unsaturated/α-hetero) is 1. The van der Waals surface area contributed by atoms with Crippen molar-refractivity contribution < 1.29 is 9.90 Å². The van der Waals surface area contributed by atoms with Crippen molar-refractivity contribution in [3.8, 4) is 0 Å². The lowest BCUT2D eigenvalue weighted by molar-refractivity contribution is -0.173. The van der Waals surface area contributed by atoms with Gasteiger partial charge in [0, 0.05) is 36.2 Å². The molecule has 4 heterocycles. The highest BCUT2D eigenvalue weighted by atomic mass is 16.3. The van der Waals surface area contributed by atoms with E-state index in [0.717, 1.165) is 52.4 Å². The summed E-state index contributed by atoms with van der Waals surface area (Å²) in [4.78, 5) is 20.2. The summed E-state index contributed by atoms with van der Waals surface area (Å²) < 4.78 is 0. The molecule has 0 saturated carbocycles. The standard InChI is InChI=1S/C35H30N2O2/c38-32-26(20-23-10-3-1-4-11-23)21-36-22-33(32)31(25-12-5-2-6-13-25)29-18-9-19-37(29)34(33)27-16-7-14-24-15-8-17-28(30(24)27)35(34,36)39/h1-8,10-17,20,29,31,39H,9,18-19,21-22H2/b26-20+/t29?,31-,33?,34+,35-/m0/s1. The Morgan fingerprint density at radius 1 is 0.846 bits per heavy atom. The second kappa shape index (κ2) is 7.33. The van der Waals surface area contributed by atoms with Crippen molar-refractivity contribution in [1.82, 2.24) is 9.80 Å². The number of rotatable bonds is 2. The summed E-state index contributed by atoms with van der Waals surface area (Å²) >= 11 is 0. The van der Waals surface area contributed by atoms with Crippen molar-refractivity contribution >= 4 is 22.6 Å². The third-order valence-corrected chi connectivity index (χ3v) is 10.7. The van der Waals surface area contributed by atoms with Crippen LogP contribution in [0.2, 0.25) is 0 Å². The number of hydrogen-bond donors (Lipinski definition) is 1. The summed E-state index contributed by atoms with van der Waals surface area (Å²) in [5, 5.41) is 15.7. The van der Waals surface area contributed by atoms with Crippen LogP contribution in [0.1, 0.15) is 41.0 Å². The first-order chi connectivity index (χ1) is 19.1. The van der Waals surface area contributed by atoms with Crippen molar-refractivity contribution in [2.75, 3.05) is 19.6 Å². The Kier molecular flexibility index (Phi) is 4.19. The van der Waals surface area contributed by atoms with Crippen LogP contribution in [0, 0.1) is 5.41 Å². The minimum Gasteiger partial charge on any atom is -0.369 e. The number of hydrogen-bond acceptors (Lipinski definition) is 4. The van der Waals surface area contributed by atoms with Gasteiger partial charge in [-0.3, -0.25) is 14.6 Å². The lowest BCUT2D eigenvalue weighted by Crippen LogP contribution is -2.61. The van der Waals surface area contributed by atoms with Gasteiger partial charge in [-0.15, -0.1) is 0 Å². The Morgan fingerprint density at radius 2 is 1.56 bits per heavy atom. The van der Waals surface area contributed by atoms with Gasteiger partial charge in [0.15, 0.2) is 11.5 Å². The Labute approximate surface area is 228 Å². The predicted octanol–water partition coefficient (Wildman–Crippen LogP) is 5.42. The fourth-order valence-corrected chi connectivity index (χ4v) is 9.75. The molecule has 3 unspecified atom stereocenters. The molecule has 9 rings (SSSR count). The summed E-state index contributed by atoms with van der Waals surface area (Å²) in [7, 11) is 0. The number of ketones is 1. The second-order valence-electron chi connectivity index (χ2n) is 12.1. The van der Waals surface area contributed by atoms with Gasteiger partial charge in [0.2, 0.25) is 0 Å². The first kappa shape index (κ1) is 22.3. The summed E-state index contributed by atoms with van der Waals surface area (Å²) in [5.41, 5.74) is 2.22. The van der Waals surface area contributed by atoms with Crippen LogP contribution in [-0.4, -0.2) is 46.4 Å². The van der Waals surface area contributed by atoms with Crippen molar-refractivity contribution in [1.29, 1.82) is 0 Å². The molecule has 2 spiro atoms. The number of benzene rings is 4. The molecule has 192 valence electrons. The van der Waals surface area contributed by atoms with E-state index in [1.54, 1.807) is 0 Å². The van der Waals surface area contributed by atoms with Gasteiger partial charge in [-0.05, 0) is 52.9 Å². The minimum absolute atomic E-state index is 0.00531. The SMILES string of the molecule is O=C1/C(=C/c2ccccc2)CN2CC13[C@@H](c1ccccc1)C1CCCN1[C@]31c3cccc4cccc(c34)[C@@]21O. The monoisotopic (exact) mass is 510 g/mol. The van der Waals surface area contributed by atoms with E-state index in [1.165, 1.54) is 5.56 Å². The normalized spacial score (nSPS) is 36.9. The number of nitrogens with zero attached hydrogens (tertiary/aromatic N) is 2. The maximum Gasteiger partial charge on any atom is 0.170 e. The molecule has 4 heteroatoms. The molecule has 4 nitrogen and oxygen atoms in total. The molecule has 5 aliphatic rings. The van der Waals surface area contributed by atoms with Gasteiger partial charge in [-0.2, -0.15) is 0 Å².